The third-order valence-corrected chi connectivity index (χ3v) is 8.25. The molecule has 0 aliphatic carbocycles. The Kier molecular flexibility index (Phi) is 14.0. The molecule has 5 nitrogen and oxygen atoms in total. The van der Waals surface area contributed by atoms with Crippen LogP contribution in [0.3, 0.4) is 0 Å². The summed E-state index contributed by atoms with van der Waals surface area (Å²) in [5, 5.41) is -5.15. The van der Waals surface area contributed by atoms with Crippen LogP contribution in [0.4, 0.5) is 13.2 Å². The van der Waals surface area contributed by atoms with Crippen molar-refractivity contribution in [2.45, 2.75) is 56.7 Å². The summed E-state index contributed by atoms with van der Waals surface area (Å²) < 4.78 is 72.9. The van der Waals surface area contributed by atoms with Gasteiger partial charge in [0.1, 0.15) is 23.9 Å². The lowest BCUT2D eigenvalue weighted by Gasteiger charge is -2.22. The molecular weight excluding hydrogens is 501 g/mol. The summed E-state index contributed by atoms with van der Waals surface area (Å²) in [6.07, 6.45) is 2.05. The topological polar surface area (TPSA) is 83.5 Å². The summed E-state index contributed by atoms with van der Waals surface area (Å²) in [6, 6.07) is 18.1. The van der Waals surface area contributed by atoms with Gasteiger partial charge in [-0.1, -0.05) is 75.2 Å². The van der Waals surface area contributed by atoms with Crippen LogP contribution in [0.25, 0.3) is 0 Å². The number of carbonyl (C=O) groups is 1. The number of esters is 1. The van der Waals surface area contributed by atoms with Gasteiger partial charge in [-0.3, -0.25) is 0 Å². The van der Waals surface area contributed by atoms with Crippen molar-refractivity contribution in [3.8, 4) is 0 Å². The Hall–Kier alpha value is -2.04. The van der Waals surface area contributed by atoms with Gasteiger partial charge in [-0.25, -0.2) is 17.6 Å². The van der Waals surface area contributed by atoms with Gasteiger partial charge in [-0.15, -0.1) is 0 Å². The van der Waals surface area contributed by atoms with Crippen LogP contribution in [0.2, 0.25) is 0 Å². The summed E-state index contributed by atoms with van der Waals surface area (Å²) in [5.74, 6) is 3.07. The molecule has 2 aromatic rings. The molecular formula is C25H33F3O5S2. The number of rotatable bonds is 13. The van der Waals surface area contributed by atoms with Crippen molar-refractivity contribution >= 4 is 27.0 Å². The second-order valence-electron chi connectivity index (χ2n) is 7.81. The van der Waals surface area contributed by atoms with E-state index in [1.165, 1.54) is 72.8 Å². The second kappa shape index (κ2) is 15.9. The molecule has 1 atom stereocenters. The average molecular weight is 535 g/mol. The Morgan fingerprint density at radius 3 is 1.91 bits per heavy atom. The van der Waals surface area contributed by atoms with Crippen LogP contribution in [0.1, 0.15) is 55.5 Å². The third-order valence-electron chi connectivity index (χ3n) is 4.85. The molecule has 35 heavy (non-hydrogen) atoms. The first-order valence-corrected chi connectivity index (χ1v) is 14.5. The standard InChI is InChI=1S/C15H25S.C10H9F3O5S/c1-3-5-12-16(13-6-4-2)14-15-10-8-7-9-11-15;11-8(10(12,13)19(15,16)17)6-18-9(14)7-4-2-1-3-5-7/h7-11H,3-6,12-14H2,1-2H3;1-5,8H,6H2,(H,15,16,17)/q+1;/p-1. The van der Waals surface area contributed by atoms with Crippen molar-refractivity contribution in [1.29, 1.82) is 0 Å². The highest BCUT2D eigenvalue weighted by Gasteiger charge is 2.48. The first kappa shape index (κ1) is 31.0. The van der Waals surface area contributed by atoms with Crippen molar-refractivity contribution < 1.29 is 35.7 Å². The van der Waals surface area contributed by atoms with Crippen molar-refractivity contribution in [2.24, 2.45) is 0 Å². The number of hydrogen-bond donors (Lipinski definition) is 0. The molecule has 0 N–H and O–H groups in total. The van der Waals surface area contributed by atoms with E-state index in [0.29, 0.717) is 10.9 Å². The number of unbranched alkanes of at least 4 members (excludes halogenated alkanes) is 2. The molecule has 0 amide bonds. The first-order valence-electron chi connectivity index (χ1n) is 11.4. The van der Waals surface area contributed by atoms with Crippen molar-refractivity contribution in [2.75, 3.05) is 18.1 Å². The fraction of sp³-hybridized carbons (Fsp3) is 0.480. The Morgan fingerprint density at radius 1 is 0.971 bits per heavy atom. The predicted molar refractivity (Wildman–Crippen MR) is 133 cm³/mol. The summed E-state index contributed by atoms with van der Waals surface area (Å²) in [5.41, 5.74) is 1.50. The molecule has 0 fully saturated rings. The van der Waals surface area contributed by atoms with E-state index in [1.54, 1.807) is 6.07 Å². The molecule has 0 spiro atoms. The minimum Gasteiger partial charge on any atom is -0.743 e. The fourth-order valence-electron chi connectivity index (χ4n) is 2.81. The predicted octanol–water partition coefficient (Wildman–Crippen LogP) is 5.72. The quantitative estimate of drug-likeness (QED) is 0.186. The van der Waals surface area contributed by atoms with Gasteiger partial charge >= 0.3 is 11.2 Å². The van der Waals surface area contributed by atoms with Crippen LogP contribution in [0.15, 0.2) is 60.7 Å². The van der Waals surface area contributed by atoms with Crippen molar-refractivity contribution in [3.63, 3.8) is 0 Å². The lowest BCUT2D eigenvalue weighted by Crippen LogP contribution is -2.41. The number of ether oxygens (including phenoxy) is 1. The molecule has 0 bridgehead atoms. The van der Waals surface area contributed by atoms with E-state index in [-0.39, 0.29) is 5.56 Å². The highest BCUT2D eigenvalue weighted by atomic mass is 32.2. The number of hydrogen-bond acceptors (Lipinski definition) is 5. The fourth-order valence-corrected chi connectivity index (χ4v) is 5.75. The summed E-state index contributed by atoms with van der Waals surface area (Å²) in [6.45, 7) is 3.05. The molecule has 0 aliphatic rings. The molecule has 0 saturated carbocycles. The Labute approximate surface area is 209 Å². The second-order valence-corrected chi connectivity index (χ2v) is 11.6. The van der Waals surface area contributed by atoms with Gasteiger partial charge in [0.05, 0.1) is 5.56 Å². The summed E-state index contributed by atoms with van der Waals surface area (Å²) in [7, 11) is -5.54. The minimum atomic E-state index is -6.16. The van der Waals surface area contributed by atoms with Crippen LogP contribution in [-0.2, 0) is 31.5 Å². The maximum Gasteiger partial charge on any atom is 0.368 e. The summed E-state index contributed by atoms with van der Waals surface area (Å²) in [4.78, 5) is 11.3. The zero-order valence-electron chi connectivity index (χ0n) is 20.0. The summed E-state index contributed by atoms with van der Waals surface area (Å²) >= 11 is 0. The zero-order chi connectivity index (χ0) is 26.3. The van der Waals surface area contributed by atoms with Gasteiger partial charge in [0.2, 0.25) is 6.17 Å². The van der Waals surface area contributed by atoms with Crippen LogP contribution in [-0.4, -0.2) is 48.5 Å². The van der Waals surface area contributed by atoms with Crippen LogP contribution in [0, 0.1) is 0 Å². The molecule has 2 rings (SSSR count). The molecule has 0 saturated heterocycles. The minimum absolute atomic E-state index is 0.0250. The SMILES string of the molecule is CCCC[S+](CCCC)Cc1ccccc1.O=C(OCC(F)C(F)(F)S(=O)(=O)[O-])c1ccccc1. The average Bonchev–Trinajstić information content (AvgIpc) is 2.84. The van der Waals surface area contributed by atoms with Crippen LogP contribution in [0.5, 0.6) is 0 Å². The van der Waals surface area contributed by atoms with Gasteiger partial charge in [-0.2, -0.15) is 8.78 Å². The Balaban J connectivity index is 0.000000355. The zero-order valence-corrected chi connectivity index (χ0v) is 21.6. The Bertz CT molecular complexity index is 950. The highest BCUT2D eigenvalue weighted by Crippen LogP contribution is 2.27. The van der Waals surface area contributed by atoms with Gasteiger partial charge in [0.15, 0.2) is 10.1 Å². The smallest absolute Gasteiger partial charge is 0.368 e. The van der Waals surface area contributed by atoms with Crippen LogP contribution >= 0.6 is 0 Å². The molecule has 0 radical (unpaired) electrons. The van der Waals surface area contributed by atoms with Gasteiger partial charge in [-0.05, 0) is 35.9 Å². The molecule has 2 aromatic carbocycles. The van der Waals surface area contributed by atoms with Crippen molar-refractivity contribution in [1.82, 2.24) is 0 Å². The monoisotopic (exact) mass is 534 g/mol. The molecule has 0 heterocycles. The van der Waals surface area contributed by atoms with Crippen LogP contribution < -0.4 is 0 Å². The number of halogens is 3. The molecule has 0 aliphatic heterocycles. The number of benzene rings is 2. The Morgan fingerprint density at radius 2 is 1.46 bits per heavy atom. The normalized spacial score (nSPS) is 12.5. The van der Waals surface area contributed by atoms with E-state index in [9.17, 15) is 30.9 Å². The maximum atomic E-state index is 12.9. The lowest BCUT2D eigenvalue weighted by molar-refractivity contribution is -0.0362. The maximum absolute atomic E-state index is 12.9. The largest absolute Gasteiger partial charge is 0.743 e. The molecule has 1 unspecified atom stereocenters. The van der Waals surface area contributed by atoms with E-state index in [2.05, 4.69) is 48.9 Å². The van der Waals surface area contributed by atoms with Crippen molar-refractivity contribution in [3.05, 3.63) is 71.8 Å². The first-order chi connectivity index (χ1) is 16.5. The molecule has 10 heteroatoms. The van der Waals surface area contributed by atoms with E-state index in [4.69, 9.17) is 0 Å². The van der Waals surface area contributed by atoms with E-state index in [0.717, 1.165) is 0 Å². The van der Waals surface area contributed by atoms with Gasteiger partial charge in [0, 0.05) is 5.56 Å². The van der Waals surface area contributed by atoms with E-state index >= 15 is 0 Å². The third kappa shape index (κ3) is 11.5. The molecule has 0 aromatic heterocycles. The van der Waals surface area contributed by atoms with Gasteiger partial charge < -0.3 is 9.29 Å². The van der Waals surface area contributed by atoms with Gasteiger partial charge in [0.25, 0.3) is 0 Å². The lowest BCUT2D eigenvalue weighted by atomic mass is 10.2. The van der Waals surface area contributed by atoms with E-state index in [1.807, 2.05) is 0 Å². The number of alkyl halides is 3. The highest BCUT2D eigenvalue weighted by molar-refractivity contribution is 7.96. The van der Waals surface area contributed by atoms with E-state index < -0.39 is 34.1 Å². The number of carbonyl (C=O) groups excluding carboxylic acids is 1. The molecule has 196 valence electrons.